The first-order valence-corrected chi connectivity index (χ1v) is 9.16. The van der Waals surface area contributed by atoms with Crippen molar-refractivity contribution in [2.75, 3.05) is 5.73 Å². The van der Waals surface area contributed by atoms with Crippen LogP contribution in [0.1, 0.15) is 5.56 Å². The molecule has 26 heavy (non-hydrogen) atoms. The summed E-state index contributed by atoms with van der Waals surface area (Å²) in [5.41, 5.74) is 8.45. The summed E-state index contributed by atoms with van der Waals surface area (Å²) in [7, 11) is 0. The summed E-state index contributed by atoms with van der Waals surface area (Å²) in [6.07, 6.45) is 5.14. The molecule has 4 rings (SSSR count). The molecule has 0 saturated heterocycles. The highest BCUT2D eigenvalue weighted by Gasteiger charge is 2.09. The van der Waals surface area contributed by atoms with Gasteiger partial charge in [0.25, 0.3) is 0 Å². The van der Waals surface area contributed by atoms with Crippen molar-refractivity contribution in [1.29, 1.82) is 0 Å². The third kappa shape index (κ3) is 3.19. The lowest BCUT2D eigenvalue weighted by Crippen LogP contribution is -1.98. The highest BCUT2D eigenvalue weighted by molar-refractivity contribution is 14.1. The van der Waals surface area contributed by atoms with E-state index in [9.17, 15) is 0 Å². The Hall–Kier alpha value is -2.39. The van der Waals surface area contributed by atoms with E-state index in [0.29, 0.717) is 22.5 Å². The Balaban J connectivity index is 1.63. The molecule has 1 aromatic carbocycles. The van der Waals surface area contributed by atoms with Crippen molar-refractivity contribution >= 4 is 45.7 Å². The number of pyridine rings is 1. The highest BCUT2D eigenvalue weighted by atomic mass is 127. The molecule has 0 aliphatic carbocycles. The molecule has 0 radical (unpaired) electrons. The molecule has 4 aromatic rings. The third-order valence-electron chi connectivity index (χ3n) is 3.87. The fourth-order valence-electron chi connectivity index (χ4n) is 2.54. The molecule has 0 spiro atoms. The molecule has 3 heterocycles. The van der Waals surface area contributed by atoms with Gasteiger partial charge >= 0.3 is 0 Å². The predicted octanol–water partition coefficient (Wildman–Crippen LogP) is 4.73. The minimum absolute atomic E-state index is 0.472. The minimum Gasteiger partial charge on any atom is -0.457 e. The van der Waals surface area contributed by atoms with Crippen LogP contribution in [0.2, 0.25) is 5.15 Å². The molecular formula is C18H13ClIN5O. The van der Waals surface area contributed by atoms with Crippen LogP contribution in [0.3, 0.4) is 0 Å². The molecule has 0 bridgehead atoms. The summed E-state index contributed by atoms with van der Waals surface area (Å²) in [4.78, 5) is 12.9. The number of hydrogen-bond acceptors (Lipinski definition) is 5. The molecule has 0 unspecified atom stereocenters. The van der Waals surface area contributed by atoms with Gasteiger partial charge in [-0.25, -0.2) is 15.0 Å². The summed E-state index contributed by atoms with van der Waals surface area (Å²) in [6.45, 7) is 1.97. The number of aromatic nitrogens is 4. The number of nitrogen functional groups attached to an aromatic ring is 1. The molecule has 130 valence electrons. The van der Waals surface area contributed by atoms with E-state index < -0.39 is 0 Å². The Kier molecular flexibility index (Phi) is 4.41. The summed E-state index contributed by atoms with van der Waals surface area (Å²) >= 11 is 8.15. The van der Waals surface area contributed by atoms with Gasteiger partial charge in [0.15, 0.2) is 5.82 Å². The number of halogens is 2. The molecule has 8 heteroatoms. The molecule has 0 aliphatic rings. The van der Waals surface area contributed by atoms with Crippen LogP contribution < -0.4 is 10.5 Å². The first kappa shape index (κ1) is 17.0. The van der Waals surface area contributed by atoms with Crippen molar-refractivity contribution in [3.8, 4) is 22.9 Å². The molecule has 0 saturated carbocycles. The number of fused-ring (bicyclic) bond motifs is 1. The first-order chi connectivity index (χ1) is 12.5. The molecular weight excluding hydrogens is 465 g/mol. The average molecular weight is 478 g/mol. The van der Waals surface area contributed by atoms with Gasteiger partial charge in [-0.3, -0.25) is 4.40 Å². The van der Waals surface area contributed by atoms with Crippen LogP contribution in [0, 0.1) is 10.5 Å². The van der Waals surface area contributed by atoms with E-state index in [1.165, 1.54) is 0 Å². The highest BCUT2D eigenvalue weighted by Crippen LogP contribution is 2.29. The fraction of sp³-hybridized carbons (Fsp3) is 0.0556. The lowest BCUT2D eigenvalue weighted by Gasteiger charge is -2.11. The Bertz CT molecular complexity index is 1130. The van der Waals surface area contributed by atoms with Gasteiger partial charge in [-0.15, -0.1) is 0 Å². The lowest BCUT2D eigenvalue weighted by atomic mass is 10.1. The SMILES string of the molecule is Cc1cc(-c2ncc(I)c(N)n2)ccc1Oc1ccn2c(Cl)cnc2c1. The van der Waals surface area contributed by atoms with E-state index in [4.69, 9.17) is 22.1 Å². The Morgan fingerprint density at radius 1 is 1.15 bits per heavy atom. The van der Waals surface area contributed by atoms with E-state index in [-0.39, 0.29) is 0 Å². The van der Waals surface area contributed by atoms with Crippen molar-refractivity contribution < 1.29 is 4.74 Å². The largest absolute Gasteiger partial charge is 0.457 e. The molecule has 0 aliphatic heterocycles. The smallest absolute Gasteiger partial charge is 0.161 e. The van der Waals surface area contributed by atoms with Crippen molar-refractivity contribution in [2.24, 2.45) is 0 Å². The number of imidazole rings is 1. The zero-order valence-corrected chi connectivity index (χ0v) is 16.6. The number of nitrogens with zero attached hydrogens (tertiary/aromatic N) is 4. The summed E-state index contributed by atoms with van der Waals surface area (Å²) in [5, 5.41) is 0.559. The number of anilines is 1. The number of hydrogen-bond donors (Lipinski definition) is 1. The lowest BCUT2D eigenvalue weighted by molar-refractivity contribution is 0.478. The maximum atomic E-state index is 6.05. The number of aryl methyl sites for hydroxylation is 1. The van der Waals surface area contributed by atoms with Crippen LogP contribution in [-0.4, -0.2) is 19.4 Å². The normalized spacial score (nSPS) is 11.0. The van der Waals surface area contributed by atoms with Gasteiger partial charge in [-0.2, -0.15) is 0 Å². The van der Waals surface area contributed by atoms with Crippen molar-refractivity contribution in [1.82, 2.24) is 19.4 Å². The minimum atomic E-state index is 0.472. The van der Waals surface area contributed by atoms with Crippen LogP contribution in [0.4, 0.5) is 5.82 Å². The Labute approximate surface area is 168 Å². The molecule has 0 fully saturated rings. The summed E-state index contributed by atoms with van der Waals surface area (Å²) in [5.74, 6) is 2.49. The van der Waals surface area contributed by atoms with Gasteiger partial charge in [0, 0.05) is 24.0 Å². The van der Waals surface area contributed by atoms with Gasteiger partial charge in [0.1, 0.15) is 28.1 Å². The first-order valence-electron chi connectivity index (χ1n) is 7.71. The molecule has 0 amide bonds. The van der Waals surface area contributed by atoms with E-state index in [1.54, 1.807) is 16.8 Å². The van der Waals surface area contributed by atoms with Crippen molar-refractivity contribution in [3.05, 3.63) is 63.2 Å². The number of nitrogens with two attached hydrogens (primary N) is 1. The Morgan fingerprint density at radius 2 is 2.00 bits per heavy atom. The van der Waals surface area contributed by atoms with E-state index in [0.717, 1.165) is 26.1 Å². The molecule has 0 atom stereocenters. The predicted molar refractivity (Wildman–Crippen MR) is 110 cm³/mol. The van der Waals surface area contributed by atoms with Gasteiger partial charge in [0.05, 0.1) is 9.77 Å². The van der Waals surface area contributed by atoms with Gasteiger partial charge in [-0.1, -0.05) is 11.6 Å². The maximum absolute atomic E-state index is 6.05. The second-order valence-electron chi connectivity index (χ2n) is 5.68. The quantitative estimate of drug-likeness (QED) is 0.432. The Morgan fingerprint density at radius 3 is 2.77 bits per heavy atom. The summed E-state index contributed by atoms with van der Waals surface area (Å²) < 4.78 is 8.61. The van der Waals surface area contributed by atoms with E-state index in [1.807, 2.05) is 43.5 Å². The van der Waals surface area contributed by atoms with Gasteiger partial charge in [-0.05, 0) is 59.3 Å². The van der Waals surface area contributed by atoms with Gasteiger partial charge in [0.2, 0.25) is 0 Å². The monoisotopic (exact) mass is 477 g/mol. The average Bonchev–Trinajstić information content (AvgIpc) is 3.00. The topological polar surface area (TPSA) is 78.3 Å². The van der Waals surface area contributed by atoms with E-state index >= 15 is 0 Å². The van der Waals surface area contributed by atoms with Crippen molar-refractivity contribution in [3.63, 3.8) is 0 Å². The zero-order chi connectivity index (χ0) is 18.3. The van der Waals surface area contributed by atoms with Gasteiger partial charge < -0.3 is 10.5 Å². The maximum Gasteiger partial charge on any atom is 0.161 e. The fourth-order valence-corrected chi connectivity index (χ4v) is 3.00. The molecule has 2 N–H and O–H groups in total. The number of benzene rings is 1. The van der Waals surface area contributed by atoms with E-state index in [2.05, 4.69) is 37.5 Å². The standard InChI is InChI=1S/C18H13ClIN5O/c1-10-6-11(18-23-8-13(20)17(21)24-18)2-3-14(10)26-12-4-5-25-15(19)9-22-16(25)7-12/h2-9H,1H3,(H2,21,23,24). The summed E-state index contributed by atoms with van der Waals surface area (Å²) in [6, 6.07) is 9.46. The van der Waals surface area contributed by atoms with Crippen molar-refractivity contribution in [2.45, 2.75) is 6.92 Å². The zero-order valence-electron chi connectivity index (χ0n) is 13.6. The number of rotatable bonds is 3. The van der Waals surface area contributed by atoms with Crippen LogP contribution in [0.5, 0.6) is 11.5 Å². The second-order valence-corrected chi connectivity index (χ2v) is 7.23. The van der Waals surface area contributed by atoms with Crippen LogP contribution in [0.25, 0.3) is 17.0 Å². The molecule has 6 nitrogen and oxygen atoms in total. The molecule has 3 aromatic heterocycles. The van der Waals surface area contributed by atoms with Crippen LogP contribution >= 0.6 is 34.2 Å². The van der Waals surface area contributed by atoms with Crippen LogP contribution in [-0.2, 0) is 0 Å². The second kappa shape index (κ2) is 6.73. The van der Waals surface area contributed by atoms with Crippen LogP contribution in [0.15, 0.2) is 48.9 Å². The third-order valence-corrected chi connectivity index (χ3v) is 4.98. The number of ether oxygens (including phenoxy) is 1.